The lowest BCUT2D eigenvalue weighted by atomic mass is 10.3. The molecule has 0 aliphatic carbocycles. The molecule has 0 unspecified atom stereocenters. The van der Waals surface area contributed by atoms with E-state index in [0.717, 1.165) is 29.7 Å². The molecular formula is C9H4BrCl2FN2O2S2. The van der Waals surface area contributed by atoms with Crippen LogP contribution in [0.1, 0.15) is 0 Å². The fourth-order valence-electron chi connectivity index (χ4n) is 1.19. The smallest absolute Gasteiger partial charge is 0.273 e. The summed E-state index contributed by atoms with van der Waals surface area (Å²) in [6.45, 7) is 0. The molecule has 0 spiro atoms. The molecule has 0 saturated carbocycles. The average molecular weight is 406 g/mol. The molecule has 10 heteroatoms. The van der Waals surface area contributed by atoms with Gasteiger partial charge in [-0.1, -0.05) is 34.5 Å². The predicted octanol–water partition coefficient (Wildman–Crippen LogP) is 4.15. The highest BCUT2D eigenvalue weighted by Crippen LogP contribution is 2.34. The largest absolute Gasteiger partial charge is 0.276 e. The summed E-state index contributed by atoms with van der Waals surface area (Å²) in [5.74, 6) is -0.583. The molecule has 4 nitrogen and oxygen atoms in total. The first kappa shape index (κ1) is 15.0. The summed E-state index contributed by atoms with van der Waals surface area (Å²) in [5.41, 5.74) is 0.0487. The van der Waals surface area contributed by atoms with Crippen LogP contribution in [0.15, 0.2) is 27.0 Å². The van der Waals surface area contributed by atoms with Crippen molar-refractivity contribution in [2.45, 2.75) is 4.21 Å². The fourth-order valence-corrected chi connectivity index (χ4v) is 4.67. The second-order valence-corrected chi connectivity index (χ2v) is 8.07. The number of sulfonamides is 1. The minimum atomic E-state index is -3.87. The Bertz CT molecular complexity index is 713. The maximum absolute atomic E-state index is 13.1. The normalized spacial score (nSPS) is 11.6. The second kappa shape index (κ2) is 5.53. The van der Waals surface area contributed by atoms with E-state index in [-0.39, 0.29) is 23.9 Å². The van der Waals surface area contributed by atoms with Crippen LogP contribution in [0.3, 0.4) is 0 Å². The quantitative estimate of drug-likeness (QED) is 0.834. The van der Waals surface area contributed by atoms with E-state index in [1.165, 1.54) is 0 Å². The van der Waals surface area contributed by atoms with Crippen molar-refractivity contribution >= 4 is 66.2 Å². The molecule has 0 atom stereocenters. The minimum absolute atomic E-state index is 0.0487. The number of nitrogens with zero attached hydrogens (tertiary/aromatic N) is 1. The molecule has 2 aromatic rings. The van der Waals surface area contributed by atoms with E-state index in [4.69, 9.17) is 23.2 Å². The number of aromatic nitrogens is 1. The molecule has 1 aromatic heterocycles. The second-order valence-electron chi connectivity index (χ2n) is 3.28. The van der Waals surface area contributed by atoms with E-state index < -0.39 is 15.8 Å². The molecule has 0 amide bonds. The zero-order chi connectivity index (χ0) is 14.2. The molecule has 1 N–H and O–H groups in total. The molecular weight excluding hydrogens is 402 g/mol. The lowest BCUT2D eigenvalue weighted by molar-refractivity contribution is 0.602. The van der Waals surface area contributed by atoms with Crippen LogP contribution in [-0.4, -0.2) is 13.4 Å². The third-order valence-electron chi connectivity index (χ3n) is 1.96. The highest BCUT2D eigenvalue weighted by molar-refractivity contribution is 9.10. The van der Waals surface area contributed by atoms with Crippen LogP contribution in [0, 0.1) is 5.82 Å². The van der Waals surface area contributed by atoms with E-state index in [1.807, 2.05) is 0 Å². The first-order valence-electron chi connectivity index (χ1n) is 4.58. The predicted molar refractivity (Wildman–Crippen MR) is 77.0 cm³/mol. The molecule has 0 radical (unpaired) electrons. The Hall–Kier alpha value is -0.410. The van der Waals surface area contributed by atoms with Gasteiger partial charge in [0.15, 0.2) is 8.68 Å². The number of benzene rings is 1. The summed E-state index contributed by atoms with van der Waals surface area (Å²) < 4.78 is 39.6. The van der Waals surface area contributed by atoms with Crippen LogP contribution in [0.2, 0.25) is 9.49 Å². The van der Waals surface area contributed by atoms with Crippen LogP contribution in [-0.2, 0) is 10.0 Å². The Labute approximate surface area is 130 Å². The van der Waals surface area contributed by atoms with Gasteiger partial charge in [-0.25, -0.2) is 17.8 Å². The first-order valence-corrected chi connectivity index (χ1v) is 8.43. The van der Waals surface area contributed by atoms with Crippen molar-refractivity contribution in [2.24, 2.45) is 0 Å². The number of hydrogen-bond acceptors (Lipinski definition) is 4. The van der Waals surface area contributed by atoms with Crippen molar-refractivity contribution < 1.29 is 12.8 Å². The SMILES string of the molecule is O=S(=O)(Nc1c(Cl)cc(F)cc1Br)c1cnc(Cl)s1. The Morgan fingerprint density at radius 3 is 2.58 bits per heavy atom. The van der Waals surface area contributed by atoms with Crippen molar-refractivity contribution in [1.82, 2.24) is 4.98 Å². The molecule has 0 aliphatic heterocycles. The van der Waals surface area contributed by atoms with E-state index in [0.29, 0.717) is 0 Å². The van der Waals surface area contributed by atoms with E-state index in [2.05, 4.69) is 25.6 Å². The van der Waals surface area contributed by atoms with Gasteiger partial charge in [-0.3, -0.25) is 4.72 Å². The Morgan fingerprint density at radius 1 is 1.37 bits per heavy atom. The zero-order valence-corrected chi connectivity index (χ0v) is 13.6. The third-order valence-corrected chi connectivity index (χ3v) is 5.81. The molecule has 0 saturated heterocycles. The van der Waals surface area contributed by atoms with Crippen LogP contribution < -0.4 is 4.72 Å². The summed E-state index contributed by atoms with van der Waals surface area (Å²) in [6.07, 6.45) is 1.13. The van der Waals surface area contributed by atoms with Gasteiger partial charge in [-0.2, -0.15) is 0 Å². The molecule has 1 heterocycles. The average Bonchev–Trinajstić information content (AvgIpc) is 2.71. The van der Waals surface area contributed by atoms with E-state index >= 15 is 0 Å². The lowest BCUT2D eigenvalue weighted by Gasteiger charge is -2.10. The van der Waals surface area contributed by atoms with Crippen LogP contribution >= 0.6 is 50.5 Å². The molecule has 19 heavy (non-hydrogen) atoms. The molecule has 0 aliphatic rings. The number of thiazole rings is 1. The number of halogens is 4. The highest BCUT2D eigenvalue weighted by Gasteiger charge is 2.20. The molecule has 2 rings (SSSR count). The van der Waals surface area contributed by atoms with Gasteiger partial charge in [0.1, 0.15) is 5.82 Å². The zero-order valence-electron chi connectivity index (χ0n) is 8.82. The molecule has 102 valence electrons. The fraction of sp³-hybridized carbons (Fsp3) is 0. The number of nitrogens with one attached hydrogen (secondary N) is 1. The number of anilines is 1. The van der Waals surface area contributed by atoms with Gasteiger partial charge in [-0.15, -0.1) is 0 Å². The summed E-state index contributed by atoms with van der Waals surface area (Å²) in [4.78, 5) is 3.64. The van der Waals surface area contributed by atoms with Crippen molar-refractivity contribution in [3.8, 4) is 0 Å². The van der Waals surface area contributed by atoms with Crippen molar-refractivity contribution in [1.29, 1.82) is 0 Å². The van der Waals surface area contributed by atoms with Crippen LogP contribution in [0.5, 0.6) is 0 Å². The van der Waals surface area contributed by atoms with Crippen molar-refractivity contribution in [3.05, 3.63) is 38.1 Å². The molecule has 0 bridgehead atoms. The topological polar surface area (TPSA) is 59.1 Å². The highest BCUT2D eigenvalue weighted by atomic mass is 79.9. The van der Waals surface area contributed by atoms with Crippen molar-refractivity contribution in [3.63, 3.8) is 0 Å². The first-order chi connectivity index (χ1) is 8.79. The summed E-state index contributed by atoms with van der Waals surface area (Å²) >= 11 is 15.2. The van der Waals surface area contributed by atoms with Gasteiger partial charge >= 0.3 is 0 Å². The van der Waals surface area contributed by atoms with E-state index in [1.54, 1.807) is 0 Å². The van der Waals surface area contributed by atoms with Gasteiger partial charge < -0.3 is 0 Å². The van der Waals surface area contributed by atoms with Crippen molar-refractivity contribution in [2.75, 3.05) is 4.72 Å². The maximum Gasteiger partial charge on any atom is 0.273 e. The summed E-state index contributed by atoms with van der Waals surface area (Å²) in [6, 6.07) is 2.10. The van der Waals surface area contributed by atoms with Gasteiger partial charge in [0.2, 0.25) is 0 Å². The van der Waals surface area contributed by atoms with E-state index in [9.17, 15) is 12.8 Å². The van der Waals surface area contributed by atoms with Gasteiger partial charge in [0.05, 0.1) is 16.9 Å². The summed E-state index contributed by atoms with van der Waals surface area (Å²) in [5, 5.41) is -0.0638. The van der Waals surface area contributed by atoms with Crippen LogP contribution in [0.25, 0.3) is 0 Å². The summed E-state index contributed by atoms with van der Waals surface area (Å²) in [7, 11) is -3.87. The monoisotopic (exact) mass is 404 g/mol. The van der Waals surface area contributed by atoms with Gasteiger partial charge in [-0.05, 0) is 28.1 Å². The standard InChI is InChI=1S/C9H4BrCl2FN2O2S2/c10-5-1-4(13)2-6(11)8(5)15-19(16,17)7-3-14-9(12)18-7/h1-3,15H. The van der Waals surface area contributed by atoms with Crippen LogP contribution in [0.4, 0.5) is 10.1 Å². The number of rotatable bonds is 3. The maximum atomic E-state index is 13.1. The molecule has 1 aromatic carbocycles. The van der Waals surface area contributed by atoms with Gasteiger partial charge in [0, 0.05) is 4.47 Å². The Kier molecular flexibility index (Phi) is 4.36. The van der Waals surface area contributed by atoms with Gasteiger partial charge in [0.25, 0.3) is 10.0 Å². The lowest BCUT2D eigenvalue weighted by Crippen LogP contribution is -2.12. The minimum Gasteiger partial charge on any atom is -0.276 e. The Morgan fingerprint density at radius 2 is 2.05 bits per heavy atom. The number of hydrogen-bond donors (Lipinski definition) is 1. The third kappa shape index (κ3) is 3.38. The molecule has 0 fully saturated rings. The Balaban J connectivity index is 2.41.